The monoisotopic (exact) mass is 390 g/mol. The maximum Gasteiger partial charge on any atom is 0.323 e. The van der Waals surface area contributed by atoms with Gasteiger partial charge in [-0.05, 0) is 42.5 Å². The van der Waals surface area contributed by atoms with Gasteiger partial charge in [-0.2, -0.15) is 0 Å². The van der Waals surface area contributed by atoms with Crippen molar-refractivity contribution in [1.82, 2.24) is 5.32 Å². The van der Waals surface area contributed by atoms with Gasteiger partial charge in [-0.15, -0.1) is 0 Å². The molecule has 0 unspecified atom stereocenters. The van der Waals surface area contributed by atoms with E-state index in [1.807, 2.05) is 19.0 Å². The molecule has 0 aliphatic carbocycles. The lowest BCUT2D eigenvalue weighted by Gasteiger charge is -2.18. The lowest BCUT2D eigenvalue weighted by atomic mass is 10.1. The van der Waals surface area contributed by atoms with Gasteiger partial charge in [0.1, 0.15) is 0 Å². The second kappa shape index (κ2) is 9.80. The molecule has 2 aromatic rings. The fourth-order valence-corrected chi connectivity index (χ4v) is 2.50. The summed E-state index contributed by atoms with van der Waals surface area (Å²) in [4.78, 5) is 26.5. The van der Waals surface area contributed by atoms with Crippen molar-refractivity contribution in [2.75, 3.05) is 49.9 Å². The Morgan fingerprint density at radius 3 is 2.30 bits per heavy atom. The topological polar surface area (TPSA) is 82.7 Å². The number of anilines is 3. The first-order chi connectivity index (χ1) is 12.9. The summed E-state index contributed by atoms with van der Waals surface area (Å²) >= 11 is 5.83. The van der Waals surface area contributed by atoms with Crippen LogP contribution in [0.1, 0.15) is 10.4 Å². The molecule has 0 atom stereocenters. The Labute approximate surface area is 163 Å². The summed E-state index contributed by atoms with van der Waals surface area (Å²) < 4.78 is 4.95. The van der Waals surface area contributed by atoms with Gasteiger partial charge < -0.3 is 25.6 Å². The first-order valence-electron chi connectivity index (χ1n) is 8.33. The zero-order valence-corrected chi connectivity index (χ0v) is 16.3. The van der Waals surface area contributed by atoms with Gasteiger partial charge in [0, 0.05) is 49.8 Å². The Kier molecular flexibility index (Phi) is 7.45. The molecule has 144 valence electrons. The van der Waals surface area contributed by atoms with E-state index in [4.69, 9.17) is 16.3 Å². The van der Waals surface area contributed by atoms with E-state index in [0.29, 0.717) is 35.1 Å². The minimum Gasteiger partial charge on any atom is -0.383 e. The molecule has 27 heavy (non-hydrogen) atoms. The molecule has 0 fully saturated rings. The van der Waals surface area contributed by atoms with Gasteiger partial charge in [-0.25, -0.2) is 4.79 Å². The number of carbonyl (C=O) groups is 2. The zero-order chi connectivity index (χ0) is 19.8. The van der Waals surface area contributed by atoms with Crippen LogP contribution in [0.25, 0.3) is 0 Å². The molecule has 0 aliphatic heterocycles. The average Bonchev–Trinajstić information content (AvgIpc) is 2.63. The maximum absolute atomic E-state index is 12.5. The van der Waals surface area contributed by atoms with E-state index in [-0.39, 0.29) is 5.91 Å². The second-order valence-electron chi connectivity index (χ2n) is 5.96. The van der Waals surface area contributed by atoms with Crippen LogP contribution in [0.15, 0.2) is 42.5 Å². The molecule has 0 bridgehead atoms. The molecule has 3 N–H and O–H groups in total. The van der Waals surface area contributed by atoms with Gasteiger partial charge in [0.05, 0.1) is 12.2 Å². The number of benzene rings is 2. The van der Waals surface area contributed by atoms with E-state index in [1.165, 1.54) is 0 Å². The van der Waals surface area contributed by atoms with Crippen LogP contribution in [-0.2, 0) is 4.74 Å². The van der Waals surface area contributed by atoms with Gasteiger partial charge in [0.15, 0.2) is 0 Å². The number of amides is 3. The molecule has 0 spiro atoms. The van der Waals surface area contributed by atoms with Gasteiger partial charge in [0.25, 0.3) is 5.91 Å². The first-order valence-corrected chi connectivity index (χ1v) is 8.70. The molecular formula is C19H23ClN4O3. The van der Waals surface area contributed by atoms with E-state index < -0.39 is 6.03 Å². The Morgan fingerprint density at radius 2 is 1.67 bits per heavy atom. The molecule has 0 heterocycles. The zero-order valence-electron chi connectivity index (χ0n) is 15.5. The van der Waals surface area contributed by atoms with Gasteiger partial charge in [-0.3, -0.25) is 4.79 Å². The molecule has 0 aromatic heterocycles. The summed E-state index contributed by atoms with van der Waals surface area (Å²) in [6, 6.07) is 11.5. The molecule has 0 radical (unpaired) electrons. The van der Waals surface area contributed by atoms with Crippen LogP contribution < -0.4 is 20.9 Å². The largest absolute Gasteiger partial charge is 0.383 e. The van der Waals surface area contributed by atoms with Gasteiger partial charge in [-0.1, -0.05) is 11.6 Å². The maximum atomic E-state index is 12.5. The van der Waals surface area contributed by atoms with Crippen molar-refractivity contribution >= 4 is 40.6 Å². The SMILES string of the molecule is COCCNC(=O)c1cc(NC(=O)Nc2ccc(Cl)cc2)ccc1N(C)C. The number of nitrogens with one attached hydrogen (secondary N) is 3. The number of methoxy groups -OCH3 is 1. The Hall–Kier alpha value is -2.77. The summed E-state index contributed by atoms with van der Waals surface area (Å²) in [5.74, 6) is -0.238. The minimum absolute atomic E-state index is 0.238. The van der Waals surface area contributed by atoms with E-state index in [9.17, 15) is 9.59 Å². The third kappa shape index (κ3) is 6.16. The van der Waals surface area contributed by atoms with Crippen molar-refractivity contribution in [2.24, 2.45) is 0 Å². The number of urea groups is 1. The number of hydrogen-bond donors (Lipinski definition) is 3. The molecule has 8 heteroatoms. The van der Waals surface area contributed by atoms with Crippen LogP contribution in [-0.4, -0.2) is 46.3 Å². The predicted molar refractivity (Wildman–Crippen MR) is 109 cm³/mol. The molecule has 2 rings (SSSR count). The van der Waals surface area contributed by atoms with E-state index in [2.05, 4.69) is 16.0 Å². The van der Waals surface area contributed by atoms with Crippen LogP contribution >= 0.6 is 11.6 Å². The van der Waals surface area contributed by atoms with Gasteiger partial charge in [0.2, 0.25) is 0 Å². The smallest absolute Gasteiger partial charge is 0.323 e. The van der Waals surface area contributed by atoms with Crippen molar-refractivity contribution in [3.63, 3.8) is 0 Å². The third-order valence-electron chi connectivity index (χ3n) is 3.67. The average molecular weight is 391 g/mol. The fourth-order valence-electron chi connectivity index (χ4n) is 2.37. The molecule has 0 saturated heterocycles. The van der Waals surface area contributed by atoms with E-state index >= 15 is 0 Å². The first kappa shape index (κ1) is 20.5. The third-order valence-corrected chi connectivity index (χ3v) is 3.93. The molecule has 2 aromatic carbocycles. The predicted octanol–water partition coefficient (Wildman–Crippen LogP) is 3.43. The number of halogens is 1. The second-order valence-corrected chi connectivity index (χ2v) is 6.40. The van der Waals surface area contributed by atoms with Crippen molar-refractivity contribution in [3.8, 4) is 0 Å². The standard InChI is InChI=1S/C19H23ClN4O3/c1-24(2)17-9-8-15(12-16(17)18(25)21-10-11-27-3)23-19(26)22-14-6-4-13(20)5-7-14/h4-9,12H,10-11H2,1-3H3,(H,21,25)(H2,22,23,26). The highest BCUT2D eigenvalue weighted by atomic mass is 35.5. The normalized spacial score (nSPS) is 10.2. The minimum atomic E-state index is -0.416. The summed E-state index contributed by atoms with van der Waals surface area (Å²) in [5.41, 5.74) is 2.32. The number of rotatable bonds is 7. The Balaban J connectivity index is 2.12. The number of nitrogens with zero attached hydrogens (tertiary/aromatic N) is 1. The Bertz CT molecular complexity index is 794. The van der Waals surface area contributed by atoms with Crippen LogP contribution in [0, 0.1) is 0 Å². The molecule has 3 amide bonds. The fraction of sp³-hybridized carbons (Fsp3) is 0.263. The van der Waals surface area contributed by atoms with Crippen molar-refractivity contribution in [3.05, 3.63) is 53.1 Å². The number of ether oxygens (including phenoxy) is 1. The molecule has 0 saturated carbocycles. The molecule has 0 aliphatic rings. The van der Waals surface area contributed by atoms with Crippen LogP contribution in [0.4, 0.5) is 21.9 Å². The summed E-state index contributed by atoms with van der Waals surface area (Å²) in [6.45, 7) is 0.821. The summed E-state index contributed by atoms with van der Waals surface area (Å²) in [6.07, 6.45) is 0. The summed E-state index contributed by atoms with van der Waals surface area (Å²) in [5, 5.41) is 8.81. The van der Waals surface area contributed by atoms with Crippen molar-refractivity contribution < 1.29 is 14.3 Å². The number of carbonyl (C=O) groups excluding carboxylic acids is 2. The quantitative estimate of drug-likeness (QED) is 0.632. The highest BCUT2D eigenvalue weighted by molar-refractivity contribution is 6.30. The Morgan fingerprint density at radius 1 is 1.04 bits per heavy atom. The lowest BCUT2D eigenvalue weighted by molar-refractivity contribution is 0.0937. The lowest BCUT2D eigenvalue weighted by Crippen LogP contribution is -2.29. The highest BCUT2D eigenvalue weighted by Crippen LogP contribution is 2.23. The van der Waals surface area contributed by atoms with Gasteiger partial charge >= 0.3 is 6.03 Å². The number of hydrogen-bond acceptors (Lipinski definition) is 4. The summed E-state index contributed by atoms with van der Waals surface area (Å²) in [7, 11) is 5.27. The molecular weight excluding hydrogens is 368 g/mol. The van der Waals surface area contributed by atoms with Crippen LogP contribution in [0.2, 0.25) is 5.02 Å². The van der Waals surface area contributed by atoms with E-state index in [0.717, 1.165) is 5.69 Å². The van der Waals surface area contributed by atoms with Crippen molar-refractivity contribution in [2.45, 2.75) is 0 Å². The van der Waals surface area contributed by atoms with E-state index in [1.54, 1.807) is 49.6 Å². The van der Waals surface area contributed by atoms with Crippen LogP contribution in [0.5, 0.6) is 0 Å². The van der Waals surface area contributed by atoms with Crippen LogP contribution in [0.3, 0.4) is 0 Å². The highest BCUT2D eigenvalue weighted by Gasteiger charge is 2.14. The van der Waals surface area contributed by atoms with Crippen molar-refractivity contribution in [1.29, 1.82) is 0 Å². The molecule has 7 nitrogen and oxygen atoms in total.